The minimum Gasteiger partial charge on any atom is -0.318 e. The quantitative estimate of drug-likeness (QED) is 0.531. The van der Waals surface area contributed by atoms with E-state index in [1.54, 1.807) is 18.2 Å². The predicted molar refractivity (Wildman–Crippen MR) is 110 cm³/mol. The molecule has 0 spiro atoms. The van der Waals surface area contributed by atoms with Crippen molar-refractivity contribution < 1.29 is 0 Å². The normalized spacial score (nSPS) is 11.1. The van der Waals surface area contributed by atoms with Crippen LogP contribution in [-0.2, 0) is 0 Å². The molecule has 4 heteroatoms. The number of hydrogen-bond acceptors (Lipinski definition) is 2. The smallest absolute Gasteiger partial charge is 0.0998 e. The molecule has 0 aliphatic heterocycles. The second-order valence-electron chi connectivity index (χ2n) is 6.46. The number of nitriles is 2. The number of nitrogens with zero attached hydrogens (tertiary/aromatic N) is 3. The van der Waals surface area contributed by atoms with E-state index in [2.05, 4.69) is 22.8 Å². The molecule has 0 saturated heterocycles. The van der Waals surface area contributed by atoms with Crippen molar-refractivity contribution in [3.63, 3.8) is 0 Å². The van der Waals surface area contributed by atoms with Crippen LogP contribution in [0.4, 0.5) is 0 Å². The lowest BCUT2D eigenvalue weighted by molar-refractivity contribution is 0.954. The van der Waals surface area contributed by atoms with Gasteiger partial charge in [-0.2, -0.15) is 10.5 Å². The topological polar surface area (TPSA) is 52.5 Å². The van der Waals surface area contributed by atoms with E-state index in [0.29, 0.717) is 16.2 Å². The molecule has 0 aliphatic rings. The van der Waals surface area contributed by atoms with Gasteiger partial charge in [-0.05, 0) is 73.9 Å². The third-order valence-electron chi connectivity index (χ3n) is 4.61. The van der Waals surface area contributed by atoms with E-state index < -0.39 is 0 Å². The molecule has 3 rings (SSSR count). The Morgan fingerprint density at radius 1 is 1.04 bits per heavy atom. The van der Waals surface area contributed by atoms with Crippen LogP contribution in [0.1, 0.15) is 33.6 Å². The van der Waals surface area contributed by atoms with E-state index in [4.69, 9.17) is 16.9 Å². The summed E-state index contributed by atoms with van der Waals surface area (Å²) in [6.07, 6.45) is 1.87. The second kappa shape index (κ2) is 7.54. The standard InChI is InChI=1S/C23H18ClN3/c1-15-7-8-22(24)12-23(15)27-16(2)9-20(17(27)3)11-21(14-26)19-6-4-5-18(10-19)13-25/h4-12H,1-3H3. The Balaban J connectivity index is 2.13. The van der Waals surface area contributed by atoms with Crippen molar-refractivity contribution in [2.45, 2.75) is 20.8 Å². The van der Waals surface area contributed by atoms with Gasteiger partial charge in [-0.15, -0.1) is 0 Å². The molecule has 0 saturated carbocycles. The summed E-state index contributed by atoms with van der Waals surface area (Å²) in [5.41, 5.74) is 7.00. The van der Waals surface area contributed by atoms with Gasteiger partial charge in [0.25, 0.3) is 0 Å². The highest BCUT2D eigenvalue weighted by molar-refractivity contribution is 6.30. The first-order chi connectivity index (χ1) is 12.9. The van der Waals surface area contributed by atoms with E-state index in [1.807, 2.05) is 51.1 Å². The van der Waals surface area contributed by atoms with Gasteiger partial charge in [0.2, 0.25) is 0 Å². The molecule has 0 atom stereocenters. The zero-order valence-corrected chi connectivity index (χ0v) is 16.2. The van der Waals surface area contributed by atoms with Crippen molar-refractivity contribution >= 4 is 23.3 Å². The second-order valence-corrected chi connectivity index (χ2v) is 6.89. The van der Waals surface area contributed by atoms with Gasteiger partial charge < -0.3 is 4.57 Å². The van der Waals surface area contributed by atoms with Crippen LogP contribution >= 0.6 is 11.6 Å². The number of aryl methyl sites for hydroxylation is 2. The predicted octanol–water partition coefficient (Wildman–Crippen LogP) is 5.99. The van der Waals surface area contributed by atoms with Gasteiger partial charge in [0.1, 0.15) is 0 Å². The number of hydrogen-bond donors (Lipinski definition) is 0. The summed E-state index contributed by atoms with van der Waals surface area (Å²) in [5, 5.41) is 19.4. The summed E-state index contributed by atoms with van der Waals surface area (Å²) in [6.45, 7) is 6.11. The van der Waals surface area contributed by atoms with Crippen LogP contribution in [-0.4, -0.2) is 4.57 Å². The molecular weight excluding hydrogens is 354 g/mol. The van der Waals surface area contributed by atoms with Crippen LogP contribution in [0.5, 0.6) is 0 Å². The number of rotatable bonds is 3. The van der Waals surface area contributed by atoms with Gasteiger partial charge in [-0.25, -0.2) is 0 Å². The molecule has 0 aliphatic carbocycles. The maximum atomic E-state index is 9.64. The van der Waals surface area contributed by atoms with Crippen LogP contribution in [0.2, 0.25) is 5.02 Å². The van der Waals surface area contributed by atoms with Crippen LogP contribution in [0.3, 0.4) is 0 Å². The molecule has 0 amide bonds. The fourth-order valence-electron chi connectivity index (χ4n) is 3.22. The summed E-state index contributed by atoms with van der Waals surface area (Å²) in [4.78, 5) is 0. The lowest BCUT2D eigenvalue weighted by Gasteiger charge is -2.13. The summed E-state index contributed by atoms with van der Waals surface area (Å²) in [6, 6.07) is 19.4. The summed E-state index contributed by atoms with van der Waals surface area (Å²) in [5.74, 6) is 0. The van der Waals surface area contributed by atoms with E-state index >= 15 is 0 Å². The zero-order chi connectivity index (χ0) is 19.6. The van der Waals surface area contributed by atoms with E-state index in [-0.39, 0.29) is 0 Å². The van der Waals surface area contributed by atoms with Crippen molar-refractivity contribution in [1.29, 1.82) is 10.5 Å². The van der Waals surface area contributed by atoms with Crippen molar-refractivity contribution in [2.24, 2.45) is 0 Å². The minimum atomic E-state index is 0.523. The Morgan fingerprint density at radius 3 is 2.52 bits per heavy atom. The third-order valence-corrected chi connectivity index (χ3v) is 4.84. The molecule has 1 aromatic heterocycles. The van der Waals surface area contributed by atoms with Gasteiger partial charge in [-0.1, -0.05) is 29.8 Å². The van der Waals surface area contributed by atoms with Gasteiger partial charge >= 0.3 is 0 Å². The van der Waals surface area contributed by atoms with Crippen LogP contribution in [0.25, 0.3) is 17.3 Å². The Morgan fingerprint density at radius 2 is 1.81 bits per heavy atom. The first-order valence-corrected chi connectivity index (χ1v) is 8.90. The Labute approximate surface area is 164 Å². The summed E-state index contributed by atoms with van der Waals surface area (Å²) in [7, 11) is 0. The molecule has 1 heterocycles. The van der Waals surface area contributed by atoms with Crippen molar-refractivity contribution in [1.82, 2.24) is 4.57 Å². The van der Waals surface area contributed by atoms with Crippen LogP contribution in [0, 0.1) is 43.4 Å². The molecule has 27 heavy (non-hydrogen) atoms. The molecule has 0 radical (unpaired) electrons. The number of aromatic nitrogens is 1. The molecule has 0 fully saturated rings. The molecular formula is C23H18ClN3. The van der Waals surface area contributed by atoms with Crippen molar-refractivity contribution in [2.75, 3.05) is 0 Å². The molecule has 0 N–H and O–H groups in total. The van der Waals surface area contributed by atoms with E-state index in [0.717, 1.165) is 33.8 Å². The van der Waals surface area contributed by atoms with E-state index in [9.17, 15) is 5.26 Å². The van der Waals surface area contributed by atoms with Gasteiger partial charge in [0, 0.05) is 22.1 Å². The van der Waals surface area contributed by atoms with Crippen molar-refractivity contribution in [3.05, 3.63) is 87.2 Å². The number of benzene rings is 2. The first-order valence-electron chi connectivity index (χ1n) is 8.52. The fraction of sp³-hybridized carbons (Fsp3) is 0.130. The maximum absolute atomic E-state index is 9.64. The minimum absolute atomic E-state index is 0.523. The molecule has 3 aromatic rings. The fourth-order valence-corrected chi connectivity index (χ4v) is 3.39. The Hall–Kier alpha value is -3.27. The third kappa shape index (κ3) is 3.65. The summed E-state index contributed by atoms with van der Waals surface area (Å²) < 4.78 is 2.15. The average molecular weight is 372 g/mol. The number of halogens is 1. The molecule has 0 bridgehead atoms. The van der Waals surface area contributed by atoms with Gasteiger partial charge in [0.15, 0.2) is 0 Å². The lowest BCUT2D eigenvalue weighted by atomic mass is 10.0. The molecule has 0 unspecified atom stereocenters. The van der Waals surface area contributed by atoms with Crippen molar-refractivity contribution in [3.8, 4) is 17.8 Å². The molecule has 132 valence electrons. The van der Waals surface area contributed by atoms with E-state index in [1.165, 1.54) is 0 Å². The Kier molecular flexibility index (Phi) is 5.17. The van der Waals surface area contributed by atoms with Gasteiger partial charge in [0.05, 0.1) is 23.3 Å². The highest BCUT2D eigenvalue weighted by atomic mass is 35.5. The lowest BCUT2D eigenvalue weighted by Crippen LogP contribution is -2.01. The highest BCUT2D eigenvalue weighted by Gasteiger charge is 2.13. The maximum Gasteiger partial charge on any atom is 0.0998 e. The SMILES string of the molecule is Cc1ccc(Cl)cc1-n1c(C)cc(C=C(C#N)c2cccc(C#N)c2)c1C. The average Bonchev–Trinajstić information content (AvgIpc) is 2.95. The first kappa shape index (κ1) is 18.5. The van der Waals surface area contributed by atoms with Crippen LogP contribution < -0.4 is 0 Å². The van der Waals surface area contributed by atoms with Crippen LogP contribution in [0.15, 0.2) is 48.5 Å². The monoisotopic (exact) mass is 371 g/mol. The zero-order valence-electron chi connectivity index (χ0n) is 15.4. The summed E-state index contributed by atoms with van der Waals surface area (Å²) >= 11 is 6.20. The molecule has 2 aromatic carbocycles. The highest BCUT2D eigenvalue weighted by Crippen LogP contribution is 2.28. The number of allylic oxidation sites excluding steroid dienone is 1. The Bertz CT molecular complexity index is 1140. The largest absolute Gasteiger partial charge is 0.318 e. The molecule has 3 nitrogen and oxygen atoms in total. The van der Waals surface area contributed by atoms with Gasteiger partial charge in [-0.3, -0.25) is 0 Å².